The smallest absolute Gasteiger partial charge is 0.234 e. The van der Waals surface area contributed by atoms with Crippen LogP contribution in [0, 0.1) is 0 Å². The van der Waals surface area contributed by atoms with Crippen LogP contribution in [0.15, 0.2) is 24.5 Å². The lowest BCUT2D eigenvalue weighted by molar-refractivity contribution is 0.325. The molecule has 0 bridgehead atoms. The molecule has 2 rings (SSSR count). The van der Waals surface area contributed by atoms with Crippen molar-refractivity contribution < 1.29 is 4.74 Å². The Morgan fingerprint density at radius 2 is 2.20 bits per heavy atom. The SMILES string of the molecule is CCOc1cncc(NC2CC=CC2)n1. The average molecular weight is 205 g/mol. The summed E-state index contributed by atoms with van der Waals surface area (Å²) in [5, 5.41) is 3.32. The topological polar surface area (TPSA) is 47.0 Å². The fraction of sp³-hybridized carbons (Fsp3) is 0.455. The summed E-state index contributed by atoms with van der Waals surface area (Å²) in [7, 11) is 0. The van der Waals surface area contributed by atoms with Crippen LogP contribution in [0.25, 0.3) is 0 Å². The van der Waals surface area contributed by atoms with Crippen LogP contribution in [0.3, 0.4) is 0 Å². The van der Waals surface area contributed by atoms with Crippen LogP contribution in [-0.2, 0) is 0 Å². The number of aromatic nitrogens is 2. The molecule has 0 amide bonds. The summed E-state index contributed by atoms with van der Waals surface area (Å²) >= 11 is 0. The van der Waals surface area contributed by atoms with Gasteiger partial charge in [-0.15, -0.1) is 0 Å². The Kier molecular flexibility index (Phi) is 3.17. The fourth-order valence-electron chi connectivity index (χ4n) is 1.58. The molecule has 1 aliphatic carbocycles. The lowest BCUT2D eigenvalue weighted by Crippen LogP contribution is -2.16. The first kappa shape index (κ1) is 9.96. The monoisotopic (exact) mass is 205 g/mol. The number of nitrogens with one attached hydrogen (secondary N) is 1. The van der Waals surface area contributed by atoms with Gasteiger partial charge in [-0.3, -0.25) is 4.98 Å². The number of anilines is 1. The highest BCUT2D eigenvalue weighted by molar-refractivity contribution is 5.35. The van der Waals surface area contributed by atoms with Crippen molar-refractivity contribution >= 4 is 5.82 Å². The van der Waals surface area contributed by atoms with Gasteiger partial charge < -0.3 is 10.1 Å². The molecule has 1 heterocycles. The van der Waals surface area contributed by atoms with Crippen LogP contribution in [0.4, 0.5) is 5.82 Å². The van der Waals surface area contributed by atoms with Gasteiger partial charge in [0.1, 0.15) is 5.82 Å². The van der Waals surface area contributed by atoms with Crippen LogP contribution < -0.4 is 10.1 Å². The molecule has 15 heavy (non-hydrogen) atoms. The van der Waals surface area contributed by atoms with E-state index in [2.05, 4.69) is 27.4 Å². The summed E-state index contributed by atoms with van der Waals surface area (Å²) in [5.74, 6) is 1.36. The van der Waals surface area contributed by atoms with Gasteiger partial charge in [-0.05, 0) is 19.8 Å². The van der Waals surface area contributed by atoms with E-state index in [0.29, 0.717) is 18.5 Å². The molecule has 1 N–H and O–H groups in total. The number of ether oxygens (including phenoxy) is 1. The van der Waals surface area contributed by atoms with E-state index in [1.807, 2.05) is 6.92 Å². The van der Waals surface area contributed by atoms with Crippen LogP contribution in [0.2, 0.25) is 0 Å². The van der Waals surface area contributed by atoms with Gasteiger partial charge >= 0.3 is 0 Å². The maximum Gasteiger partial charge on any atom is 0.234 e. The Labute approximate surface area is 89.4 Å². The number of nitrogens with zero attached hydrogens (tertiary/aromatic N) is 2. The van der Waals surface area contributed by atoms with Crippen molar-refractivity contribution in [2.45, 2.75) is 25.8 Å². The van der Waals surface area contributed by atoms with Crippen molar-refractivity contribution in [3.8, 4) is 5.88 Å². The van der Waals surface area contributed by atoms with Gasteiger partial charge in [0, 0.05) is 6.04 Å². The Morgan fingerprint density at radius 1 is 1.40 bits per heavy atom. The molecule has 0 atom stereocenters. The molecule has 1 aromatic rings. The first-order chi connectivity index (χ1) is 7.38. The molecule has 0 aliphatic heterocycles. The van der Waals surface area contributed by atoms with Gasteiger partial charge in [-0.2, -0.15) is 4.98 Å². The zero-order chi connectivity index (χ0) is 10.5. The van der Waals surface area contributed by atoms with Crippen LogP contribution in [-0.4, -0.2) is 22.6 Å². The van der Waals surface area contributed by atoms with Crippen molar-refractivity contribution in [1.29, 1.82) is 0 Å². The van der Waals surface area contributed by atoms with Crippen molar-refractivity contribution in [3.63, 3.8) is 0 Å². The molecule has 80 valence electrons. The van der Waals surface area contributed by atoms with Gasteiger partial charge in [0.05, 0.1) is 19.0 Å². The van der Waals surface area contributed by atoms with Gasteiger partial charge in [-0.1, -0.05) is 12.2 Å². The minimum absolute atomic E-state index is 0.455. The third-order valence-electron chi connectivity index (χ3n) is 2.26. The summed E-state index contributed by atoms with van der Waals surface area (Å²) in [6.07, 6.45) is 9.82. The zero-order valence-corrected chi connectivity index (χ0v) is 8.81. The molecule has 0 saturated heterocycles. The third kappa shape index (κ3) is 2.68. The Morgan fingerprint density at radius 3 is 2.93 bits per heavy atom. The van der Waals surface area contributed by atoms with E-state index < -0.39 is 0 Å². The maximum absolute atomic E-state index is 5.28. The standard InChI is InChI=1S/C11H15N3O/c1-2-15-11-8-12-7-10(14-11)13-9-5-3-4-6-9/h3-4,7-9H,2,5-6H2,1H3,(H,13,14). The summed E-state index contributed by atoms with van der Waals surface area (Å²) in [6.45, 7) is 2.55. The first-order valence-corrected chi connectivity index (χ1v) is 5.25. The number of rotatable bonds is 4. The van der Waals surface area contributed by atoms with Gasteiger partial charge in [0.15, 0.2) is 0 Å². The molecule has 0 spiro atoms. The quantitative estimate of drug-likeness (QED) is 0.764. The highest BCUT2D eigenvalue weighted by atomic mass is 16.5. The molecule has 4 heteroatoms. The van der Waals surface area contributed by atoms with E-state index >= 15 is 0 Å². The average Bonchev–Trinajstić information content (AvgIpc) is 2.71. The van der Waals surface area contributed by atoms with E-state index in [0.717, 1.165) is 18.7 Å². The molecule has 4 nitrogen and oxygen atoms in total. The Bertz CT molecular complexity index is 343. The van der Waals surface area contributed by atoms with Crippen LogP contribution in [0.5, 0.6) is 5.88 Å². The summed E-state index contributed by atoms with van der Waals surface area (Å²) < 4.78 is 5.28. The van der Waals surface area contributed by atoms with Crippen molar-refractivity contribution in [2.24, 2.45) is 0 Å². The van der Waals surface area contributed by atoms with Crippen molar-refractivity contribution in [3.05, 3.63) is 24.5 Å². The highest BCUT2D eigenvalue weighted by Crippen LogP contribution is 2.16. The number of hydrogen-bond acceptors (Lipinski definition) is 4. The molecule has 0 aromatic carbocycles. The molecule has 1 aliphatic rings. The minimum atomic E-state index is 0.455. The third-order valence-corrected chi connectivity index (χ3v) is 2.26. The van der Waals surface area contributed by atoms with Gasteiger partial charge in [0.2, 0.25) is 5.88 Å². The molecule has 0 fully saturated rings. The Hall–Kier alpha value is -1.58. The highest BCUT2D eigenvalue weighted by Gasteiger charge is 2.10. The largest absolute Gasteiger partial charge is 0.477 e. The molecular weight excluding hydrogens is 190 g/mol. The summed E-state index contributed by atoms with van der Waals surface area (Å²) in [6, 6.07) is 0.455. The van der Waals surface area contributed by atoms with E-state index in [9.17, 15) is 0 Å². The zero-order valence-electron chi connectivity index (χ0n) is 8.81. The van der Waals surface area contributed by atoms with Crippen molar-refractivity contribution in [1.82, 2.24) is 9.97 Å². The molecule has 0 radical (unpaired) electrons. The van der Waals surface area contributed by atoms with E-state index in [-0.39, 0.29) is 0 Å². The molecule has 0 saturated carbocycles. The number of hydrogen-bond donors (Lipinski definition) is 1. The second-order valence-corrected chi connectivity index (χ2v) is 3.46. The minimum Gasteiger partial charge on any atom is -0.477 e. The molecule has 1 aromatic heterocycles. The lowest BCUT2D eigenvalue weighted by atomic mass is 10.2. The molecular formula is C11H15N3O. The van der Waals surface area contributed by atoms with E-state index in [4.69, 9.17) is 4.74 Å². The second kappa shape index (κ2) is 4.77. The predicted molar refractivity (Wildman–Crippen MR) is 59.0 cm³/mol. The van der Waals surface area contributed by atoms with Crippen LogP contribution >= 0.6 is 0 Å². The van der Waals surface area contributed by atoms with Crippen molar-refractivity contribution in [2.75, 3.05) is 11.9 Å². The first-order valence-electron chi connectivity index (χ1n) is 5.25. The predicted octanol–water partition coefficient (Wildman–Crippen LogP) is 2.01. The maximum atomic E-state index is 5.28. The normalized spacial score (nSPS) is 15.5. The summed E-state index contributed by atoms with van der Waals surface area (Å²) in [5.41, 5.74) is 0. The van der Waals surface area contributed by atoms with Gasteiger partial charge in [0.25, 0.3) is 0 Å². The molecule has 0 unspecified atom stereocenters. The lowest BCUT2D eigenvalue weighted by Gasteiger charge is -2.12. The Balaban J connectivity index is 1.98. The second-order valence-electron chi connectivity index (χ2n) is 3.46. The van der Waals surface area contributed by atoms with Crippen LogP contribution in [0.1, 0.15) is 19.8 Å². The van der Waals surface area contributed by atoms with E-state index in [1.54, 1.807) is 12.4 Å². The fourth-order valence-corrected chi connectivity index (χ4v) is 1.58. The van der Waals surface area contributed by atoms with Gasteiger partial charge in [-0.25, -0.2) is 0 Å². The van der Waals surface area contributed by atoms with E-state index in [1.165, 1.54) is 0 Å². The summed E-state index contributed by atoms with van der Waals surface area (Å²) in [4.78, 5) is 8.38.